The quantitative estimate of drug-likeness (QED) is 0.145. The summed E-state index contributed by atoms with van der Waals surface area (Å²) < 4.78 is 9.99. The summed E-state index contributed by atoms with van der Waals surface area (Å²) in [4.78, 5) is 31.7. The van der Waals surface area contributed by atoms with E-state index in [1.807, 2.05) is 92.1 Å². The predicted octanol–water partition coefficient (Wildman–Crippen LogP) is 7.49. The zero-order valence-electron chi connectivity index (χ0n) is 24.8. The third-order valence-electron chi connectivity index (χ3n) is 8.94. The number of hydrogen-bond acceptors (Lipinski definition) is 4. The molecule has 0 amide bonds. The fourth-order valence-electron chi connectivity index (χ4n) is 7.03. The van der Waals surface area contributed by atoms with Crippen molar-refractivity contribution in [2.24, 2.45) is 5.92 Å². The SMILES string of the molecule is CC(=O)OC(c1ncn(C(c2ccccc2)(c2ccccc2)c2ccccc2)c1C)C1CCc2cc3ccccc3n2C1=O. The van der Waals surface area contributed by atoms with Gasteiger partial charge in [-0.25, -0.2) is 4.98 Å². The molecule has 4 aromatic carbocycles. The minimum Gasteiger partial charge on any atom is -0.455 e. The van der Waals surface area contributed by atoms with Gasteiger partial charge >= 0.3 is 5.97 Å². The van der Waals surface area contributed by atoms with Crippen LogP contribution in [0.3, 0.4) is 0 Å². The van der Waals surface area contributed by atoms with Gasteiger partial charge in [0.25, 0.3) is 0 Å². The highest BCUT2D eigenvalue weighted by atomic mass is 16.5. The van der Waals surface area contributed by atoms with Gasteiger partial charge in [0.15, 0.2) is 6.10 Å². The van der Waals surface area contributed by atoms with Gasteiger partial charge in [-0.15, -0.1) is 0 Å². The van der Waals surface area contributed by atoms with E-state index in [-0.39, 0.29) is 5.91 Å². The van der Waals surface area contributed by atoms with E-state index >= 15 is 0 Å². The van der Waals surface area contributed by atoms with Gasteiger partial charge in [0.05, 0.1) is 17.8 Å². The Bertz CT molecular complexity index is 1860. The molecule has 0 fully saturated rings. The van der Waals surface area contributed by atoms with Crippen LogP contribution in [0.4, 0.5) is 0 Å². The highest BCUT2D eigenvalue weighted by Gasteiger charge is 2.43. The molecule has 218 valence electrons. The highest BCUT2D eigenvalue weighted by Crippen LogP contribution is 2.44. The Labute approximate surface area is 256 Å². The van der Waals surface area contributed by atoms with Crippen molar-refractivity contribution in [3.8, 4) is 0 Å². The number of fused-ring (bicyclic) bond motifs is 3. The van der Waals surface area contributed by atoms with E-state index in [0.717, 1.165) is 39.0 Å². The number of rotatable bonds is 7. The van der Waals surface area contributed by atoms with E-state index in [9.17, 15) is 9.59 Å². The number of imidazole rings is 1. The minimum absolute atomic E-state index is 0.0758. The van der Waals surface area contributed by atoms with Gasteiger partial charge in [0.1, 0.15) is 11.2 Å². The van der Waals surface area contributed by atoms with Crippen molar-refractivity contribution >= 4 is 22.8 Å². The van der Waals surface area contributed by atoms with Crippen molar-refractivity contribution in [3.05, 3.63) is 161 Å². The molecule has 2 aromatic heterocycles. The van der Waals surface area contributed by atoms with Crippen LogP contribution in [0.25, 0.3) is 10.9 Å². The molecule has 6 aromatic rings. The van der Waals surface area contributed by atoms with Crippen LogP contribution in [0.5, 0.6) is 0 Å². The molecule has 3 heterocycles. The summed E-state index contributed by atoms with van der Waals surface area (Å²) in [6.45, 7) is 3.40. The minimum atomic E-state index is -0.837. The lowest BCUT2D eigenvalue weighted by Crippen LogP contribution is -2.38. The molecule has 0 N–H and O–H groups in total. The molecule has 2 unspecified atom stereocenters. The maximum atomic E-state index is 14.2. The maximum absolute atomic E-state index is 14.2. The van der Waals surface area contributed by atoms with Crippen LogP contribution in [0.2, 0.25) is 0 Å². The molecule has 6 nitrogen and oxygen atoms in total. The molecular weight excluding hydrogens is 546 g/mol. The third-order valence-corrected chi connectivity index (χ3v) is 8.94. The number of ether oxygens (including phenoxy) is 1. The molecule has 1 aliphatic rings. The van der Waals surface area contributed by atoms with E-state index in [0.29, 0.717) is 18.5 Å². The molecule has 0 saturated carbocycles. The maximum Gasteiger partial charge on any atom is 0.303 e. The fraction of sp³-hybridized carbons (Fsp3) is 0.184. The van der Waals surface area contributed by atoms with Crippen LogP contribution < -0.4 is 0 Å². The van der Waals surface area contributed by atoms with E-state index < -0.39 is 23.5 Å². The van der Waals surface area contributed by atoms with Crippen LogP contribution in [-0.4, -0.2) is 26.0 Å². The monoisotopic (exact) mass is 579 g/mol. The van der Waals surface area contributed by atoms with Crippen LogP contribution >= 0.6 is 0 Å². The Hall–Kier alpha value is -5.23. The van der Waals surface area contributed by atoms with E-state index in [1.165, 1.54) is 6.92 Å². The number of nitrogens with zero attached hydrogens (tertiary/aromatic N) is 3. The highest BCUT2D eigenvalue weighted by molar-refractivity contribution is 5.96. The van der Waals surface area contributed by atoms with Gasteiger partial charge in [-0.1, -0.05) is 109 Å². The van der Waals surface area contributed by atoms with Gasteiger partial charge in [-0.3, -0.25) is 14.2 Å². The lowest BCUT2D eigenvalue weighted by molar-refractivity contribution is -0.149. The summed E-state index contributed by atoms with van der Waals surface area (Å²) in [6, 6.07) is 41.1. The van der Waals surface area contributed by atoms with Crippen LogP contribution in [-0.2, 0) is 21.5 Å². The molecular formula is C38H33N3O3. The van der Waals surface area contributed by atoms with Crippen LogP contribution in [0, 0.1) is 12.8 Å². The first-order chi connectivity index (χ1) is 21.5. The molecule has 0 spiro atoms. The standard InChI is InChI=1S/C38H33N3O3/c1-26-35(36(44-27(2)42)33-23-22-32-24-28-14-12-13-21-34(28)41(32)37(33)43)39-25-40(26)38(29-15-6-3-7-16-29,30-17-8-4-9-18-30)31-19-10-5-11-20-31/h3-21,24-25,33,36H,22-23H2,1-2H3. The predicted molar refractivity (Wildman–Crippen MR) is 170 cm³/mol. The number of para-hydroxylation sites is 1. The third kappa shape index (κ3) is 4.37. The summed E-state index contributed by atoms with van der Waals surface area (Å²) in [7, 11) is 0. The molecule has 0 saturated heterocycles. The first kappa shape index (κ1) is 27.6. The summed E-state index contributed by atoms with van der Waals surface area (Å²) in [5, 5.41) is 1.03. The lowest BCUT2D eigenvalue weighted by atomic mass is 9.76. The second-order valence-electron chi connectivity index (χ2n) is 11.4. The van der Waals surface area contributed by atoms with Gasteiger partial charge < -0.3 is 9.30 Å². The van der Waals surface area contributed by atoms with Crippen molar-refractivity contribution in [1.82, 2.24) is 14.1 Å². The van der Waals surface area contributed by atoms with E-state index in [2.05, 4.69) is 47.0 Å². The Morgan fingerprint density at radius 3 is 1.95 bits per heavy atom. The Kier molecular flexibility index (Phi) is 6.97. The van der Waals surface area contributed by atoms with Crippen LogP contribution in [0.1, 0.15) is 58.0 Å². The zero-order chi connectivity index (χ0) is 30.3. The summed E-state index contributed by atoms with van der Waals surface area (Å²) >= 11 is 0. The van der Waals surface area contributed by atoms with Crippen molar-refractivity contribution in [1.29, 1.82) is 0 Å². The Morgan fingerprint density at radius 2 is 1.39 bits per heavy atom. The molecule has 0 radical (unpaired) electrons. The lowest BCUT2D eigenvalue weighted by Gasteiger charge is -2.38. The summed E-state index contributed by atoms with van der Waals surface area (Å²) in [5.41, 5.74) is 5.67. The number of hydrogen-bond donors (Lipinski definition) is 0. The molecule has 1 aliphatic heterocycles. The number of aryl methyl sites for hydroxylation is 1. The average Bonchev–Trinajstić information content (AvgIpc) is 3.63. The van der Waals surface area contributed by atoms with E-state index in [4.69, 9.17) is 9.72 Å². The second kappa shape index (κ2) is 11.1. The number of esters is 1. The number of carbonyl (C=O) groups is 2. The topological polar surface area (TPSA) is 66.1 Å². The molecule has 2 atom stereocenters. The Balaban J connectivity index is 1.42. The molecule has 6 heteroatoms. The van der Waals surface area contributed by atoms with Crippen molar-refractivity contribution in [2.45, 2.75) is 38.3 Å². The van der Waals surface area contributed by atoms with Crippen LogP contribution in [0.15, 0.2) is 128 Å². The molecule has 0 aliphatic carbocycles. The largest absolute Gasteiger partial charge is 0.455 e. The average molecular weight is 580 g/mol. The summed E-state index contributed by atoms with van der Waals surface area (Å²) in [6.07, 6.45) is 2.25. The first-order valence-electron chi connectivity index (χ1n) is 15.0. The summed E-state index contributed by atoms with van der Waals surface area (Å²) in [5.74, 6) is -1.10. The number of benzene rings is 4. The number of aromatic nitrogens is 3. The number of carbonyl (C=O) groups excluding carboxylic acids is 2. The Morgan fingerprint density at radius 1 is 0.841 bits per heavy atom. The van der Waals surface area contributed by atoms with Crippen molar-refractivity contribution in [2.75, 3.05) is 0 Å². The molecule has 0 bridgehead atoms. The van der Waals surface area contributed by atoms with Crippen molar-refractivity contribution in [3.63, 3.8) is 0 Å². The zero-order valence-corrected chi connectivity index (χ0v) is 24.8. The van der Waals surface area contributed by atoms with Gasteiger partial charge in [-0.2, -0.15) is 0 Å². The smallest absolute Gasteiger partial charge is 0.303 e. The first-order valence-corrected chi connectivity index (χ1v) is 15.0. The van der Waals surface area contributed by atoms with E-state index in [1.54, 1.807) is 4.57 Å². The van der Waals surface area contributed by atoms with Gasteiger partial charge in [0, 0.05) is 23.7 Å². The normalized spacial score (nSPS) is 15.6. The second-order valence-corrected chi connectivity index (χ2v) is 11.4. The van der Waals surface area contributed by atoms with Gasteiger partial charge in [0.2, 0.25) is 5.91 Å². The fourth-order valence-corrected chi connectivity index (χ4v) is 7.03. The van der Waals surface area contributed by atoms with Crippen molar-refractivity contribution < 1.29 is 14.3 Å². The van der Waals surface area contributed by atoms with Gasteiger partial charge in [-0.05, 0) is 48.6 Å². The molecule has 44 heavy (non-hydrogen) atoms. The molecule has 7 rings (SSSR count).